The number of rotatable bonds is 8. The number of para-hydroxylation sites is 2. The molecule has 0 saturated carbocycles. The molecule has 4 aromatic rings. The number of hydrogen-bond donors (Lipinski definition) is 1. The molecule has 3 aromatic carbocycles. The Kier molecular flexibility index (Phi) is 8.43. The molecule has 1 aromatic heterocycles. The van der Waals surface area contributed by atoms with Gasteiger partial charge in [-0.05, 0) is 55.0 Å². The van der Waals surface area contributed by atoms with Crippen LogP contribution in [0.2, 0.25) is 0 Å². The van der Waals surface area contributed by atoms with Gasteiger partial charge in [0.15, 0.2) is 5.16 Å². The summed E-state index contributed by atoms with van der Waals surface area (Å²) in [6.07, 6.45) is 1.65. The fourth-order valence-electron chi connectivity index (χ4n) is 4.03. The Labute approximate surface area is 243 Å². The second-order valence-corrected chi connectivity index (χ2v) is 11.6. The van der Waals surface area contributed by atoms with E-state index in [2.05, 4.69) is 10.3 Å². The number of aromatic nitrogens is 2. The molecule has 202 valence electrons. The topological polar surface area (TPSA) is 84.3 Å². The minimum absolute atomic E-state index is 0.000253. The minimum atomic E-state index is -0.361. The highest BCUT2D eigenvalue weighted by atomic mass is 32.2. The van der Waals surface area contributed by atoms with Gasteiger partial charge in [-0.3, -0.25) is 23.9 Å². The van der Waals surface area contributed by atoms with Gasteiger partial charge in [0.1, 0.15) is 10.1 Å². The van der Waals surface area contributed by atoms with Crippen LogP contribution in [0.4, 0.5) is 10.1 Å². The quantitative estimate of drug-likeness (QED) is 0.150. The third-order valence-electron chi connectivity index (χ3n) is 6.04. The molecule has 2 heterocycles. The third kappa shape index (κ3) is 6.33. The van der Waals surface area contributed by atoms with Gasteiger partial charge in [-0.1, -0.05) is 77.7 Å². The molecule has 1 aliphatic heterocycles. The molecular formula is C29H23FN4O3S3. The van der Waals surface area contributed by atoms with Crippen LogP contribution in [-0.4, -0.2) is 48.8 Å². The van der Waals surface area contributed by atoms with E-state index in [9.17, 15) is 18.8 Å². The molecule has 2 amide bonds. The lowest BCUT2D eigenvalue weighted by atomic mass is 10.2. The molecule has 0 bridgehead atoms. The van der Waals surface area contributed by atoms with E-state index in [1.807, 2.05) is 43.3 Å². The van der Waals surface area contributed by atoms with E-state index < -0.39 is 0 Å². The zero-order chi connectivity index (χ0) is 28.2. The van der Waals surface area contributed by atoms with Crippen molar-refractivity contribution in [1.29, 1.82) is 0 Å². The van der Waals surface area contributed by atoms with Gasteiger partial charge in [0.2, 0.25) is 11.8 Å². The number of carbonyl (C=O) groups excluding carboxylic acids is 3. The number of benzene rings is 3. The van der Waals surface area contributed by atoms with Gasteiger partial charge in [0.25, 0.3) is 5.91 Å². The Morgan fingerprint density at radius 2 is 1.80 bits per heavy atom. The first-order valence-corrected chi connectivity index (χ1v) is 14.5. The number of halogens is 1. The SMILES string of the molecule is Cc1ccc(NC(=O)CSc2nc3ccccc3n2C(=O)CCN2C(=O)/C(=C\c3ccc(F)cc3)SC2=S)cc1. The van der Waals surface area contributed by atoms with Gasteiger partial charge < -0.3 is 5.32 Å². The largest absolute Gasteiger partial charge is 0.325 e. The first-order chi connectivity index (χ1) is 19.3. The van der Waals surface area contributed by atoms with E-state index in [-0.39, 0.29) is 42.3 Å². The average molecular weight is 591 g/mol. The number of hydrogen-bond acceptors (Lipinski definition) is 7. The second-order valence-electron chi connectivity index (χ2n) is 8.95. The van der Waals surface area contributed by atoms with Crippen LogP contribution in [0.25, 0.3) is 17.1 Å². The zero-order valence-electron chi connectivity index (χ0n) is 21.3. The molecule has 0 atom stereocenters. The van der Waals surface area contributed by atoms with Gasteiger partial charge in [-0.15, -0.1) is 0 Å². The lowest BCUT2D eigenvalue weighted by molar-refractivity contribution is -0.122. The Hall–Kier alpha value is -3.80. The molecule has 1 fully saturated rings. The van der Waals surface area contributed by atoms with Crippen LogP contribution in [0.15, 0.2) is 82.9 Å². The Morgan fingerprint density at radius 3 is 2.55 bits per heavy atom. The normalized spacial score (nSPS) is 14.3. The number of carbonyl (C=O) groups is 3. The van der Waals surface area contributed by atoms with Crippen LogP contribution in [0.1, 0.15) is 22.3 Å². The highest BCUT2D eigenvalue weighted by Gasteiger charge is 2.32. The molecule has 0 radical (unpaired) electrons. The number of aryl methyl sites for hydroxylation is 1. The number of nitrogens with one attached hydrogen (secondary N) is 1. The molecule has 11 heteroatoms. The highest BCUT2D eigenvalue weighted by molar-refractivity contribution is 8.26. The minimum Gasteiger partial charge on any atom is -0.325 e. The van der Waals surface area contributed by atoms with Gasteiger partial charge in [-0.2, -0.15) is 0 Å². The monoisotopic (exact) mass is 590 g/mol. The van der Waals surface area contributed by atoms with Crippen LogP contribution >= 0.6 is 35.7 Å². The van der Waals surface area contributed by atoms with Crippen LogP contribution in [-0.2, 0) is 9.59 Å². The molecule has 1 N–H and O–H groups in total. The maximum atomic E-state index is 13.5. The van der Waals surface area contributed by atoms with Crippen molar-refractivity contribution in [3.63, 3.8) is 0 Å². The van der Waals surface area contributed by atoms with Crippen molar-refractivity contribution >= 4 is 80.6 Å². The summed E-state index contributed by atoms with van der Waals surface area (Å²) in [6.45, 7) is 2.06. The first kappa shape index (κ1) is 27.8. The van der Waals surface area contributed by atoms with Crippen molar-refractivity contribution in [2.45, 2.75) is 18.5 Å². The van der Waals surface area contributed by atoms with E-state index in [4.69, 9.17) is 12.2 Å². The maximum Gasteiger partial charge on any atom is 0.266 e. The van der Waals surface area contributed by atoms with Crippen molar-refractivity contribution in [3.8, 4) is 0 Å². The number of nitrogens with zero attached hydrogens (tertiary/aromatic N) is 3. The number of imidazole rings is 1. The maximum absolute atomic E-state index is 13.5. The van der Waals surface area contributed by atoms with Gasteiger partial charge in [-0.25, -0.2) is 9.37 Å². The molecule has 1 saturated heterocycles. The van der Waals surface area contributed by atoms with Gasteiger partial charge in [0, 0.05) is 18.7 Å². The lowest BCUT2D eigenvalue weighted by Gasteiger charge is -2.15. The number of thiocarbonyl (C=S) groups is 1. The number of anilines is 1. The van der Waals surface area contributed by atoms with E-state index in [0.29, 0.717) is 36.7 Å². The highest BCUT2D eigenvalue weighted by Crippen LogP contribution is 2.33. The van der Waals surface area contributed by atoms with Crippen molar-refractivity contribution in [2.75, 3.05) is 17.6 Å². The number of thioether (sulfide) groups is 2. The molecular weight excluding hydrogens is 568 g/mol. The predicted molar refractivity (Wildman–Crippen MR) is 162 cm³/mol. The fraction of sp³-hybridized carbons (Fsp3) is 0.138. The van der Waals surface area contributed by atoms with Gasteiger partial charge in [0.05, 0.1) is 21.7 Å². The third-order valence-corrected chi connectivity index (χ3v) is 8.35. The standard InChI is InChI=1S/C29H23FN4O3S3/c1-18-6-12-21(13-7-18)31-25(35)17-39-28-32-22-4-2-3-5-23(22)34(28)26(36)14-15-33-27(37)24(40-29(33)38)16-19-8-10-20(30)11-9-19/h2-13,16H,14-15,17H2,1H3,(H,31,35)/b24-16+. The van der Waals surface area contributed by atoms with Crippen LogP contribution in [0.5, 0.6) is 0 Å². The summed E-state index contributed by atoms with van der Waals surface area (Å²) in [4.78, 5) is 45.4. The van der Waals surface area contributed by atoms with Crippen molar-refractivity contribution in [2.24, 2.45) is 0 Å². The second kappa shape index (κ2) is 12.2. The summed E-state index contributed by atoms with van der Waals surface area (Å²) in [5, 5.41) is 3.25. The van der Waals surface area contributed by atoms with Crippen LogP contribution in [0, 0.1) is 12.7 Å². The van der Waals surface area contributed by atoms with Crippen molar-refractivity contribution in [1.82, 2.24) is 14.5 Å². The summed E-state index contributed by atoms with van der Waals surface area (Å²) in [6, 6.07) is 20.5. The Morgan fingerprint density at radius 1 is 1.07 bits per heavy atom. The van der Waals surface area contributed by atoms with E-state index >= 15 is 0 Å². The van der Waals surface area contributed by atoms with E-state index in [0.717, 1.165) is 17.3 Å². The number of amides is 2. The summed E-state index contributed by atoms with van der Waals surface area (Å²) >= 11 is 7.72. The zero-order valence-corrected chi connectivity index (χ0v) is 23.7. The smallest absolute Gasteiger partial charge is 0.266 e. The molecule has 0 aliphatic carbocycles. The summed E-state index contributed by atoms with van der Waals surface area (Å²) in [5.41, 5.74) is 3.71. The molecule has 0 unspecified atom stereocenters. The Bertz CT molecular complexity index is 1650. The van der Waals surface area contributed by atoms with Gasteiger partial charge >= 0.3 is 0 Å². The molecule has 1 aliphatic rings. The molecule has 5 rings (SSSR count). The molecule has 0 spiro atoms. The average Bonchev–Trinajstić information content (AvgIpc) is 3.44. The van der Waals surface area contributed by atoms with Crippen molar-refractivity contribution < 1.29 is 18.8 Å². The van der Waals surface area contributed by atoms with Crippen LogP contribution in [0.3, 0.4) is 0 Å². The Balaban J connectivity index is 1.27. The summed E-state index contributed by atoms with van der Waals surface area (Å²) < 4.78 is 15.1. The molecule has 40 heavy (non-hydrogen) atoms. The van der Waals surface area contributed by atoms with Crippen LogP contribution < -0.4 is 5.32 Å². The number of fused-ring (bicyclic) bond motifs is 1. The van der Waals surface area contributed by atoms with E-state index in [1.54, 1.807) is 30.3 Å². The molecule has 7 nitrogen and oxygen atoms in total. The lowest BCUT2D eigenvalue weighted by Crippen LogP contribution is -2.31. The van der Waals surface area contributed by atoms with E-state index in [1.165, 1.54) is 33.4 Å². The summed E-state index contributed by atoms with van der Waals surface area (Å²) in [5.74, 6) is -1.09. The predicted octanol–water partition coefficient (Wildman–Crippen LogP) is 6.15. The fourth-order valence-corrected chi connectivity index (χ4v) is 6.16. The van der Waals surface area contributed by atoms with Crippen molar-refractivity contribution in [3.05, 3.63) is 94.6 Å². The summed E-state index contributed by atoms with van der Waals surface area (Å²) in [7, 11) is 0. The first-order valence-electron chi connectivity index (χ1n) is 12.3.